The molecule has 0 spiro atoms. The molecule has 0 radical (unpaired) electrons. The van der Waals surface area contributed by atoms with Crippen LogP contribution >= 0.6 is 38.9 Å². The first-order valence-corrected chi connectivity index (χ1v) is 8.45. The van der Waals surface area contributed by atoms with Crippen molar-refractivity contribution in [3.8, 4) is 0 Å². The van der Waals surface area contributed by atoms with Crippen LogP contribution in [0.4, 0.5) is 4.39 Å². The largest absolute Gasteiger partial charge is 0.309 e. The molecule has 2 aromatic carbocycles. The summed E-state index contributed by atoms with van der Waals surface area (Å²) in [5, 5.41) is 6.52. The molecular weight excluding hydrogens is 373 g/mol. The summed E-state index contributed by atoms with van der Waals surface area (Å²) < 4.78 is 16.2. The summed E-state index contributed by atoms with van der Waals surface area (Å²) >= 11 is 10.9. The van der Waals surface area contributed by atoms with Crippen LogP contribution in [0.1, 0.15) is 17.2 Å². The second kappa shape index (κ2) is 6.05. The standard InChI is InChI=1S/C16H12BrClFNS/c1-20-16(10-6-7-12(17)14(18)15(10)19)11-8-21-13-5-3-2-4-9(11)13/h2-8,16,20H,1H3. The zero-order valence-corrected chi connectivity index (χ0v) is 14.3. The summed E-state index contributed by atoms with van der Waals surface area (Å²) in [5.74, 6) is -0.388. The Bertz CT molecular complexity index is 802. The van der Waals surface area contributed by atoms with E-state index in [-0.39, 0.29) is 16.9 Å². The summed E-state index contributed by atoms with van der Waals surface area (Å²) in [4.78, 5) is 0. The molecule has 0 saturated heterocycles. The molecule has 1 nitrogen and oxygen atoms in total. The van der Waals surface area contributed by atoms with E-state index in [9.17, 15) is 4.39 Å². The third kappa shape index (κ3) is 2.61. The fourth-order valence-electron chi connectivity index (χ4n) is 2.46. The second-order valence-corrected chi connectivity index (χ2v) is 6.82. The van der Waals surface area contributed by atoms with Gasteiger partial charge in [-0.25, -0.2) is 4.39 Å². The van der Waals surface area contributed by atoms with Crippen LogP contribution in [0.3, 0.4) is 0 Å². The molecule has 0 aliphatic carbocycles. The Morgan fingerprint density at radius 1 is 1.19 bits per heavy atom. The molecule has 1 aromatic heterocycles. The van der Waals surface area contributed by atoms with Crippen molar-refractivity contribution in [2.45, 2.75) is 6.04 Å². The molecule has 0 bridgehead atoms. The highest BCUT2D eigenvalue weighted by atomic mass is 79.9. The van der Waals surface area contributed by atoms with Gasteiger partial charge in [-0.05, 0) is 51.4 Å². The van der Waals surface area contributed by atoms with Crippen molar-refractivity contribution < 1.29 is 4.39 Å². The van der Waals surface area contributed by atoms with Crippen molar-refractivity contribution in [1.82, 2.24) is 5.32 Å². The van der Waals surface area contributed by atoms with Crippen LogP contribution in [0.25, 0.3) is 10.1 Å². The fourth-order valence-corrected chi connectivity index (χ4v) is 3.93. The normalized spacial score (nSPS) is 12.8. The average molecular weight is 385 g/mol. The molecule has 108 valence electrons. The molecule has 0 amide bonds. The lowest BCUT2D eigenvalue weighted by atomic mass is 9.98. The second-order valence-electron chi connectivity index (χ2n) is 4.67. The fraction of sp³-hybridized carbons (Fsp3) is 0.125. The lowest BCUT2D eigenvalue weighted by molar-refractivity contribution is 0.577. The van der Waals surface area contributed by atoms with Gasteiger partial charge in [0.15, 0.2) is 0 Å². The molecule has 0 aliphatic heterocycles. The van der Waals surface area contributed by atoms with Crippen LogP contribution < -0.4 is 5.32 Å². The van der Waals surface area contributed by atoms with Gasteiger partial charge in [-0.3, -0.25) is 0 Å². The van der Waals surface area contributed by atoms with Crippen molar-refractivity contribution in [3.63, 3.8) is 0 Å². The molecule has 1 N–H and O–H groups in total. The summed E-state index contributed by atoms with van der Waals surface area (Å²) in [7, 11) is 1.83. The van der Waals surface area contributed by atoms with Gasteiger partial charge in [0.05, 0.1) is 11.1 Å². The van der Waals surface area contributed by atoms with E-state index in [1.165, 1.54) is 4.70 Å². The van der Waals surface area contributed by atoms with Gasteiger partial charge in [0.2, 0.25) is 0 Å². The highest BCUT2D eigenvalue weighted by Gasteiger charge is 2.21. The summed E-state index contributed by atoms with van der Waals surface area (Å²) in [6, 6.07) is 11.4. The molecule has 3 rings (SSSR count). The number of benzene rings is 2. The molecule has 5 heteroatoms. The number of thiophene rings is 1. The Morgan fingerprint density at radius 3 is 2.71 bits per heavy atom. The van der Waals surface area contributed by atoms with Gasteiger partial charge in [-0.1, -0.05) is 35.9 Å². The van der Waals surface area contributed by atoms with E-state index in [2.05, 4.69) is 38.8 Å². The number of halogens is 3. The van der Waals surface area contributed by atoms with E-state index in [0.29, 0.717) is 10.0 Å². The molecule has 1 heterocycles. The monoisotopic (exact) mass is 383 g/mol. The first-order valence-electron chi connectivity index (χ1n) is 6.40. The van der Waals surface area contributed by atoms with E-state index < -0.39 is 0 Å². The van der Waals surface area contributed by atoms with Crippen LogP contribution in [-0.4, -0.2) is 7.05 Å². The van der Waals surface area contributed by atoms with E-state index in [1.54, 1.807) is 23.5 Å². The van der Waals surface area contributed by atoms with Gasteiger partial charge in [-0.2, -0.15) is 0 Å². The number of hydrogen-bond donors (Lipinski definition) is 1. The highest BCUT2D eigenvalue weighted by molar-refractivity contribution is 9.10. The maximum atomic E-state index is 14.5. The Morgan fingerprint density at radius 2 is 1.95 bits per heavy atom. The first kappa shape index (κ1) is 15.0. The number of nitrogens with one attached hydrogen (secondary N) is 1. The van der Waals surface area contributed by atoms with Crippen LogP contribution in [-0.2, 0) is 0 Å². The Hall–Kier alpha value is -0.940. The van der Waals surface area contributed by atoms with E-state index in [4.69, 9.17) is 11.6 Å². The maximum Gasteiger partial charge on any atom is 0.148 e. The van der Waals surface area contributed by atoms with Crippen molar-refractivity contribution in [2.24, 2.45) is 0 Å². The van der Waals surface area contributed by atoms with Gasteiger partial charge in [-0.15, -0.1) is 11.3 Å². The minimum Gasteiger partial charge on any atom is -0.309 e. The predicted molar refractivity (Wildman–Crippen MR) is 91.8 cm³/mol. The minimum atomic E-state index is -0.388. The minimum absolute atomic E-state index is 0.118. The van der Waals surface area contributed by atoms with Crippen LogP contribution in [0.5, 0.6) is 0 Å². The molecule has 3 aromatic rings. The maximum absolute atomic E-state index is 14.5. The van der Waals surface area contributed by atoms with Crippen molar-refractivity contribution >= 4 is 49.0 Å². The number of hydrogen-bond acceptors (Lipinski definition) is 2. The van der Waals surface area contributed by atoms with Crippen LogP contribution in [0.2, 0.25) is 5.02 Å². The Labute approximate surface area is 139 Å². The lowest BCUT2D eigenvalue weighted by Gasteiger charge is -2.18. The summed E-state index contributed by atoms with van der Waals surface area (Å²) in [5.41, 5.74) is 1.62. The van der Waals surface area contributed by atoms with E-state index in [0.717, 1.165) is 10.9 Å². The van der Waals surface area contributed by atoms with Crippen LogP contribution in [0.15, 0.2) is 46.3 Å². The predicted octanol–water partition coefficient (Wildman–Crippen LogP) is 5.77. The average Bonchev–Trinajstić information content (AvgIpc) is 2.92. The quantitative estimate of drug-likeness (QED) is 0.566. The molecular formula is C16H12BrClFNS. The first-order chi connectivity index (χ1) is 10.1. The Balaban J connectivity index is 2.17. The van der Waals surface area contributed by atoms with E-state index in [1.807, 2.05) is 19.2 Å². The summed E-state index contributed by atoms with van der Waals surface area (Å²) in [6.45, 7) is 0. The zero-order chi connectivity index (χ0) is 15.0. The van der Waals surface area contributed by atoms with Crippen molar-refractivity contribution in [1.29, 1.82) is 0 Å². The van der Waals surface area contributed by atoms with Gasteiger partial charge in [0.25, 0.3) is 0 Å². The van der Waals surface area contributed by atoms with E-state index >= 15 is 0 Å². The lowest BCUT2D eigenvalue weighted by Crippen LogP contribution is -2.18. The molecule has 0 saturated carbocycles. The van der Waals surface area contributed by atoms with Crippen molar-refractivity contribution in [2.75, 3.05) is 7.05 Å². The topological polar surface area (TPSA) is 12.0 Å². The van der Waals surface area contributed by atoms with Crippen LogP contribution in [0, 0.1) is 5.82 Å². The highest BCUT2D eigenvalue weighted by Crippen LogP contribution is 2.37. The SMILES string of the molecule is CNC(c1ccc(Br)c(Cl)c1F)c1csc2ccccc12. The molecule has 1 unspecified atom stereocenters. The van der Waals surface area contributed by atoms with Gasteiger partial charge in [0, 0.05) is 14.7 Å². The molecule has 21 heavy (non-hydrogen) atoms. The van der Waals surface area contributed by atoms with Gasteiger partial charge < -0.3 is 5.32 Å². The number of rotatable bonds is 3. The molecule has 0 fully saturated rings. The third-order valence-electron chi connectivity index (χ3n) is 3.49. The third-order valence-corrected chi connectivity index (χ3v) is 5.73. The smallest absolute Gasteiger partial charge is 0.148 e. The molecule has 0 aliphatic rings. The van der Waals surface area contributed by atoms with Gasteiger partial charge in [0.1, 0.15) is 5.82 Å². The van der Waals surface area contributed by atoms with Gasteiger partial charge >= 0.3 is 0 Å². The Kier molecular flexibility index (Phi) is 4.31. The zero-order valence-electron chi connectivity index (χ0n) is 11.2. The van der Waals surface area contributed by atoms with Crippen molar-refractivity contribution in [3.05, 3.63) is 68.2 Å². The number of fused-ring (bicyclic) bond motifs is 1. The summed E-state index contributed by atoms with van der Waals surface area (Å²) in [6.07, 6.45) is 0. The molecule has 1 atom stereocenters.